The minimum atomic E-state index is -0.136. The first-order chi connectivity index (χ1) is 9.22. The van der Waals surface area contributed by atoms with Crippen molar-refractivity contribution < 1.29 is 9.53 Å². The molecule has 4 nitrogen and oxygen atoms in total. The number of methoxy groups -OCH3 is 1. The van der Waals surface area contributed by atoms with Gasteiger partial charge >= 0.3 is 0 Å². The smallest absolute Gasteiger partial charge is 0.255 e. The van der Waals surface area contributed by atoms with Crippen molar-refractivity contribution >= 4 is 11.6 Å². The third kappa shape index (κ3) is 3.28. The van der Waals surface area contributed by atoms with Crippen LogP contribution in [0.4, 0.5) is 5.69 Å². The number of anilines is 1. The molecule has 4 heteroatoms. The number of nitrogens with two attached hydrogens (primary N) is 1. The Morgan fingerprint density at radius 1 is 1.47 bits per heavy atom. The van der Waals surface area contributed by atoms with Gasteiger partial charge in [0.05, 0.1) is 18.4 Å². The molecule has 1 aliphatic rings. The van der Waals surface area contributed by atoms with E-state index in [-0.39, 0.29) is 5.91 Å². The van der Waals surface area contributed by atoms with Crippen molar-refractivity contribution in [3.05, 3.63) is 35.4 Å². The van der Waals surface area contributed by atoms with E-state index < -0.39 is 0 Å². The summed E-state index contributed by atoms with van der Waals surface area (Å²) < 4.78 is 5.18. The summed E-state index contributed by atoms with van der Waals surface area (Å²) in [5.41, 5.74) is 8.20. The number of carbonyl (C=O) groups is 1. The Balaban J connectivity index is 1.94. The molecule has 1 amide bonds. The molecule has 1 aromatic rings. The molecule has 0 aliphatic heterocycles. The number of amides is 1. The molecule has 3 N–H and O–H groups in total. The molecule has 1 aromatic carbocycles. The van der Waals surface area contributed by atoms with Crippen molar-refractivity contribution in [2.45, 2.75) is 25.7 Å². The second kappa shape index (κ2) is 6.27. The fourth-order valence-electron chi connectivity index (χ4n) is 2.36. The Morgan fingerprint density at radius 3 is 3.00 bits per heavy atom. The molecule has 0 heterocycles. The van der Waals surface area contributed by atoms with E-state index in [1.165, 1.54) is 25.5 Å². The van der Waals surface area contributed by atoms with Gasteiger partial charge in [-0.3, -0.25) is 4.79 Å². The van der Waals surface area contributed by atoms with Crippen LogP contribution in [0.15, 0.2) is 29.8 Å². The number of nitrogen functional groups attached to an aromatic ring is 1. The summed E-state index contributed by atoms with van der Waals surface area (Å²) in [6, 6.07) is 5.20. The highest BCUT2D eigenvalue weighted by atomic mass is 16.5. The van der Waals surface area contributed by atoms with Crippen LogP contribution in [0.1, 0.15) is 36.0 Å². The minimum absolute atomic E-state index is 0.136. The van der Waals surface area contributed by atoms with Gasteiger partial charge in [0.2, 0.25) is 0 Å². The molecular weight excluding hydrogens is 240 g/mol. The molecule has 0 unspecified atom stereocenters. The molecule has 0 saturated carbocycles. The fourth-order valence-corrected chi connectivity index (χ4v) is 2.36. The summed E-state index contributed by atoms with van der Waals surface area (Å²) >= 11 is 0. The monoisotopic (exact) mass is 260 g/mol. The van der Waals surface area contributed by atoms with Gasteiger partial charge in [0.25, 0.3) is 5.91 Å². The third-order valence-electron chi connectivity index (χ3n) is 3.36. The zero-order chi connectivity index (χ0) is 13.7. The number of allylic oxidation sites excluding steroid dienone is 1. The Labute approximate surface area is 113 Å². The van der Waals surface area contributed by atoms with E-state index in [2.05, 4.69) is 11.4 Å². The Bertz CT molecular complexity index is 495. The van der Waals surface area contributed by atoms with Gasteiger partial charge in [-0.1, -0.05) is 17.7 Å². The van der Waals surface area contributed by atoms with E-state index in [1.807, 2.05) is 0 Å². The normalized spacial score (nSPS) is 14.1. The first kappa shape index (κ1) is 13.5. The molecule has 0 fully saturated rings. The van der Waals surface area contributed by atoms with E-state index in [9.17, 15) is 4.79 Å². The number of nitrogens with one attached hydrogen (secondary N) is 1. The lowest BCUT2D eigenvalue weighted by Crippen LogP contribution is -2.25. The molecule has 0 atom stereocenters. The lowest BCUT2D eigenvalue weighted by atomic mass is 10.1. The van der Waals surface area contributed by atoms with Crippen molar-refractivity contribution in [1.82, 2.24) is 5.32 Å². The summed E-state index contributed by atoms with van der Waals surface area (Å²) in [4.78, 5) is 12.1. The van der Waals surface area contributed by atoms with Gasteiger partial charge in [-0.2, -0.15) is 0 Å². The first-order valence-electron chi connectivity index (χ1n) is 6.61. The maximum absolute atomic E-state index is 12.1. The molecule has 0 saturated heterocycles. The second-order valence-electron chi connectivity index (χ2n) is 4.69. The number of para-hydroxylation sites is 1. The molecule has 0 bridgehead atoms. The molecule has 0 spiro atoms. The number of benzene rings is 1. The molecule has 1 aliphatic carbocycles. The maximum Gasteiger partial charge on any atom is 0.255 e. The zero-order valence-electron chi connectivity index (χ0n) is 11.2. The van der Waals surface area contributed by atoms with Crippen molar-refractivity contribution in [2.75, 3.05) is 19.4 Å². The third-order valence-corrected chi connectivity index (χ3v) is 3.36. The molecular formula is C15H20N2O2. The lowest BCUT2D eigenvalue weighted by Gasteiger charge is -2.11. The van der Waals surface area contributed by atoms with Gasteiger partial charge in [-0.15, -0.1) is 0 Å². The van der Waals surface area contributed by atoms with Crippen molar-refractivity contribution in [1.29, 1.82) is 0 Å². The highest BCUT2D eigenvalue weighted by Gasteiger charge is 2.14. The second-order valence-corrected chi connectivity index (χ2v) is 4.69. The van der Waals surface area contributed by atoms with Gasteiger partial charge in [-0.25, -0.2) is 0 Å². The number of rotatable bonds is 5. The van der Waals surface area contributed by atoms with Crippen LogP contribution >= 0.6 is 0 Å². The van der Waals surface area contributed by atoms with Gasteiger partial charge in [0.15, 0.2) is 5.75 Å². The van der Waals surface area contributed by atoms with E-state index >= 15 is 0 Å². The van der Waals surface area contributed by atoms with Crippen LogP contribution in [0.3, 0.4) is 0 Å². The highest BCUT2D eigenvalue weighted by molar-refractivity contribution is 5.98. The Kier molecular flexibility index (Phi) is 4.44. The van der Waals surface area contributed by atoms with Crippen molar-refractivity contribution in [2.24, 2.45) is 0 Å². The summed E-state index contributed by atoms with van der Waals surface area (Å²) in [7, 11) is 1.52. The van der Waals surface area contributed by atoms with Gasteiger partial charge < -0.3 is 15.8 Å². The number of hydrogen-bond acceptors (Lipinski definition) is 3. The van der Waals surface area contributed by atoms with E-state index in [1.54, 1.807) is 18.2 Å². The van der Waals surface area contributed by atoms with Crippen LogP contribution < -0.4 is 15.8 Å². The first-order valence-corrected chi connectivity index (χ1v) is 6.61. The predicted molar refractivity (Wildman–Crippen MR) is 76.3 cm³/mol. The Morgan fingerprint density at radius 2 is 2.32 bits per heavy atom. The molecule has 2 rings (SSSR count). The summed E-state index contributed by atoms with van der Waals surface area (Å²) in [5, 5.41) is 2.91. The summed E-state index contributed by atoms with van der Waals surface area (Å²) in [6.07, 6.45) is 6.78. The van der Waals surface area contributed by atoms with E-state index in [4.69, 9.17) is 10.5 Å². The van der Waals surface area contributed by atoms with Crippen LogP contribution in [0, 0.1) is 0 Å². The van der Waals surface area contributed by atoms with E-state index in [0.29, 0.717) is 23.5 Å². The van der Waals surface area contributed by atoms with E-state index in [0.717, 1.165) is 12.8 Å². The lowest BCUT2D eigenvalue weighted by molar-refractivity contribution is 0.0951. The van der Waals surface area contributed by atoms with Crippen LogP contribution in [0.5, 0.6) is 5.75 Å². The molecule has 19 heavy (non-hydrogen) atoms. The SMILES string of the molecule is COc1c(N)cccc1C(=O)NCCC1=CCCC1. The van der Waals surface area contributed by atoms with Crippen LogP contribution in [-0.2, 0) is 0 Å². The van der Waals surface area contributed by atoms with Gasteiger partial charge in [0.1, 0.15) is 0 Å². The van der Waals surface area contributed by atoms with Gasteiger partial charge in [0, 0.05) is 6.54 Å². The number of hydrogen-bond donors (Lipinski definition) is 2. The average molecular weight is 260 g/mol. The van der Waals surface area contributed by atoms with Crippen molar-refractivity contribution in [3.8, 4) is 5.75 Å². The summed E-state index contributed by atoms with van der Waals surface area (Å²) in [6.45, 7) is 0.655. The van der Waals surface area contributed by atoms with Crippen LogP contribution in [0.2, 0.25) is 0 Å². The standard InChI is InChI=1S/C15H20N2O2/c1-19-14-12(7-4-8-13(14)16)15(18)17-10-9-11-5-2-3-6-11/h4-5,7-8H,2-3,6,9-10,16H2,1H3,(H,17,18). The van der Waals surface area contributed by atoms with Crippen molar-refractivity contribution in [3.63, 3.8) is 0 Å². The minimum Gasteiger partial charge on any atom is -0.494 e. The average Bonchev–Trinajstić information content (AvgIpc) is 2.91. The van der Waals surface area contributed by atoms with Gasteiger partial charge in [-0.05, 0) is 37.8 Å². The fraction of sp³-hybridized carbons (Fsp3) is 0.400. The number of carbonyl (C=O) groups excluding carboxylic acids is 1. The maximum atomic E-state index is 12.1. The molecule has 0 radical (unpaired) electrons. The topological polar surface area (TPSA) is 64.3 Å². The Hall–Kier alpha value is -1.97. The van der Waals surface area contributed by atoms with Crippen LogP contribution in [-0.4, -0.2) is 19.6 Å². The quantitative estimate of drug-likeness (QED) is 0.631. The summed E-state index contributed by atoms with van der Waals surface area (Å²) in [5.74, 6) is 0.308. The van der Waals surface area contributed by atoms with Crippen LogP contribution in [0.25, 0.3) is 0 Å². The number of ether oxygens (including phenoxy) is 1. The zero-order valence-corrected chi connectivity index (χ0v) is 11.2. The molecule has 102 valence electrons. The molecule has 0 aromatic heterocycles. The highest BCUT2D eigenvalue weighted by Crippen LogP contribution is 2.25. The predicted octanol–water partition coefficient (Wildman–Crippen LogP) is 2.51. The largest absolute Gasteiger partial charge is 0.494 e.